The molecule has 0 bridgehead atoms. The van der Waals surface area contributed by atoms with E-state index in [2.05, 4.69) is 58.0 Å². The van der Waals surface area contributed by atoms with Crippen LogP contribution >= 0.6 is 0 Å². The Morgan fingerprint density at radius 3 is 2.08 bits per heavy atom. The normalized spacial score (nSPS) is 13.1. The minimum absolute atomic E-state index is 0.264. The van der Waals surface area contributed by atoms with E-state index in [-0.39, 0.29) is 5.41 Å². The van der Waals surface area contributed by atoms with Gasteiger partial charge >= 0.3 is 0 Å². The molecule has 1 rings (SSSR count). The Balaban J connectivity index is 2.92. The van der Waals surface area contributed by atoms with Crippen LogP contribution in [-0.4, -0.2) is 0 Å². The molecular weight excluding hydrogens is 156 g/mol. The molecule has 13 heavy (non-hydrogen) atoms. The molecule has 0 spiro atoms. The van der Waals surface area contributed by atoms with Crippen LogP contribution in [0.1, 0.15) is 33.3 Å². The molecule has 0 saturated heterocycles. The first kappa shape index (κ1) is 10.0. The van der Waals surface area contributed by atoms with Gasteiger partial charge < -0.3 is 0 Å². The number of benzene rings is 1. The molecule has 0 atom stereocenters. The van der Waals surface area contributed by atoms with Crippen molar-refractivity contribution in [1.29, 1.82) is 0 Å². The maximum Gasteiger partial charge on any atom is -0.0197 e. The van der Waals surface area contributed by atoms with Crippen LogP contribution in [-0.2, 0) is 0 Å². The average molecular weight is 174 g/mol. The molecule has 0 aliphatic carbocycles. The quantitative estimate of drug-likeness (QED) is 0.600. The Morgan fingerprint density at radius 1 is 1.08 bits per heavy atom. The molecule has 1 aromatic rings. The third-order valence-corrected chi connectivity index (χ3v) is 1.88. The summed E-state index contributed by atoms with van der Waals surface area (Å²) in [6, 6.07) is 10.5. The summed E-state index contributed by atoms with van der Waals surface area (Å²) in [6.07, 6.45) is 2.31. The Kier molecular flexibility index (Phi) is 2.92. The average Bonchev–Trinajstić information content (AvgIpc) is 2.03. The maximum absolute atomic E-state index is 2.31. The van der Waals surface area contributed by atoms with Crippen LogP contribution in [0.2, 0.25) is 0 Å². The van der Waals surface area contributed by atoms with Gasteiger partial charge in [-0.15, -0.1) is 0 Å². The lowest BCUT2D eigenvalue weighted by Crippen LogP contribution is -2.00. The van der Waals surface area contributed by atoms with Crippen LogP contribution in [0.5, 0.6) is 0 Å². The van der Waals surface area contributed by atoms with Crippen LogP contribution in [0.4, 0.5) is 0 Å². The van der Waals surface area contributed by atoms with Crippen LogP contribution in [0.3, 0.4) is 0 Å². The topological polar surface area (TPSA) is 0 Å². The molecule has 70 valence electrons. The highest BCUT2D eigenvalue weighted by atomic mass is 14.1. The van der Waals surface area contributed by atoms with Crippen molar-refractivity contribution >= 4 is 5.57 Å². The van der Waals surface area contributed by atoms with Gasteiger partial charge in [-0.05, 0) is 23.5 Å². The maximum atomic E-state index is 2.31. The third kappa shape index (κ3) is 3.45. The van der Waals surface area contributed by atoms with Crippen molar-refractivity contribution in [1.82, 2.24) is 0 Å². The predicted molar refractivity (Wildman–Crippen MR) is 59.5 cm³/mol. The van der Waals surface area contributed by atoms with Crippen LogP contribution in [0.15, 0.2) is 36.4 Å². The second kappa shape index (κ2) is 3.78. The van der Waals surface area contributed by atoms with Gasteiger partial charge in [0, 0.05) is 0 Å². The molecule has 0 nitrogen and oxygen atoms in total. The van der Waals surface area contributed by atoms with E-state index in [0.29, 0.717) is 0 Å². The number of allylic oxidation sites excluding steroid dienone is 2. The zero-order valence-corrected chi connectivity index (χ0v) is 8.96. The third-order valence-electron chi connectivity index (χ3n) is 1.88. The lowest BCUT2D eigenvalue weighted by Gasteiger charge is -2.14. The summed E-state index contributed by atoms with van der Waals surface area (Å²) in [6.45, 7) is 8.83. The van der Waals surface area contributed by atoms with E-state index in [9.17, 15) is 0 Å². The molecule has 0 radical (unpaired) electrons. The van der Waals surface area contributed by atoms with Crippen molar-refractivity contribution in [2.45, 2.75) is 27.7 Å². The first-order chi connectivity index (χ1) is 5.99. The van der Waals surface area contributed by atoms with Crippen LogP contribution in [0, 0.1) is 5.41 Å². The van der Waals surface area contributed by atoms with Gasteiger partial charge in [-0.1, -0.05) is 57.2 Å². The highest BCUT2D eigenvalue weighted by molar-refractivity contribution is 5.63. The molecule has 0 aliphatic rings. The predicted octanol–water partition coefficient (Wildman–Crippen LogP) is 4.14. The molecule has 0 heterocycles. The second-order valence-corrected chi connectivity index (χ2v) is 4.56. The Labute approximate surface area is 81.3 Å². The zero-order valence-electron chi connectivity index (χ0n) is 8.96. The van der Waals surface area contributed by atoms with Gasteiger partial charge in [-0.3, -0.25) is 0 Å². The molecule has 0 amide bonds. The summed E-state index contributed by atoms with van der Waals surface area (Å²) < 4.78 is 0. The minimum Gasteiger partial charge on any atom is -0.0756 e. The number of hydrogen-bond acceptors (Lipinski definition) is 0. The fraction of sp³-hybridized carbons (Fsp3) is 0.385. The highest BCUT2D eigenvalue weighted by Gasteiger charge is 2.06. The first-order valence-corrected chi connectivity index (χ1v) is 4.74. The zero-order chi connectivity index (χ0) is 9.90. The molecular formula is C13H18. The van der Waals surface area contributed by atoms with Crippen molar-refractivity contribution < 1.29 is 0 Å². The van der Waals surface area contributed by atoms with E-state index in [4.69, 9.17) is 0 Å². The lowest BCUT2D eigenvalue weighted by molar-refractivity contribution is 0.545. The smallest absolute Gasteiger partial charge is 0.0197 e. The van der Waals surface area contributed by atoms with Crippen LogP contribution in [0.25, 0.3) is 5.57 Å². The van der Waals surface area contributed by atoms with Crippen LogP contribution < -0.4 is 0 Å². The standard InChI is InChI=1S/C13H18/c1-11(10-13(2,3)4)12-8-6-5-7-9-12/h5-10H,1-4H3. The van der Waals surface area contributed by atoms with E-state index in [1.807, 2.05) is 6.07 Å². The van der Waals surface area contributed by atoms with Gasteiger partial charge in [0.05, 0.1) is 0 Å². The van der Waals surface area contributed by atoms with Gasteiger partial charge in [0.2, 0.25) is 0 Å². The molecule has 0 saturated carbocycles. The van der Waals surface area contributed by atoms with Gasteiger partial charge in [-0.2, -0.15) is 0 Å². The van der Waals surface area contributed by atoms with Gasteiger partial charge in [0.1, 0.15) is 0 Å². The van der Waals surface area contributed by atoms with Gasteiger partial charge in [0.15, 0.2) is 0 Å². The monoisotopic (exact) mass is 174 g/mol. The SMILES string of the molecule is CC(=CC(C)(C)C)c1ccccc1. The summed E-state index contributed by atoms with van der Waals surface area (Å²) in [5.41, 5.74) is 2.94. The fourth-order valence-corrected chi connectivity index (χ4v) is 1.43. The Bertz CT molecular complexity index is 286. The van der Waals surface area contributed by atoms with Crippen molar-refractivity contribution in [2.75, 3.05) is 0 Å². The summed E-state index contributed by atoms with van der Waals surface area (Å²) in [7, 11) is 0. The van der Waals surface area contributed by atoms with Gasteiger partial charge in [-0.25, -0.2) is 0 Å². The van der Waals surface area contributed by atoms with Crippen molar-refractivity contribution in [3.63, 3.8) is 0 Å². The number of rotatable bonds is 1. The van der Waals surface area contributed by atoms with E-state index in [0.717, 1.165) is 0 Å². The van der Waals surface area contributed by atoms with Crippen molar-refractivity contribution in [3.05, 3.63) is 42.0 Å². The number of hydrogen-bond donors (Lipinski definition) is 0. The largest absolute Gasteiger partial charge is 0.0756 e. The molecule has 0 unspecified atom stereocenters. The highest BCUT2D eigenvalue weighted by Crippen LogP contribution is 2.22. The minimum atomic E-state index is 0.264. The lowest BCUT2D eigenvalue weighted by atomic mass is 9.92. The van der Waals surface area contributed by atoms with E-state index in [1.54, 1.807) is 0 Å². The van der Waals surface area contributed by atoms with E-state index < -0.39 is 0 Å². The Morgan fingerprint density at radius 2 is 1.62 bits per heavy atom. The van der Waals surface area contributed by atoms with Crippen molar-refractivity contribution in [2.24, 2.45) is 5.41 Å². The van der Waals surface area contributed by atoms with Crippen molar-refractivity contribution in [3.8, 4) is 0 Å². The summed E-state index contributed by atoms with van der Waals surface area (Å²) in [5.74, 6) is 0. The van der Waals surface area contributed by atoms with E-state index in [1.165, 1.54) is 11.1 Å². The first-order valence-electron chi connectivity index (χ1n) is 4.74. The van der Waals surface area contributed by atoms with Gasteiger partial charge in [0.25, 0.3) is 0 Å². The van der Waals surface area contributed by atoms with E-state index >= 15 is 0 Å². The summed E-state index contributed by atoms with van der Waals surface area (Å²) in [4.78, 5) is 0. The molecule has 1 aromatic carbocycles. The fourth-order valence-electron chi connectivity index (χ4n) is 1.43. The molecule has 0 heteroatoms. The molecule has 0 fully saturated rings. The summed E-state index contributed by atoms with van der Waals surface area (Å²) >= 11 is 0. The summed E-state index contributed by atoms with van der Waals surface area (Å²) in [5, 5.41) is 0. The molecule has 0 aliphatic heterocycles. The second-order valence-electron chi connectivity index (χ2n) is 4.56. The molecule has 0 N–H and O–H groups in total. The molecule has 0 aromatic heterocycles. The Hall–Kier alpha value is -1.04.